The van der Waals surface area contributed by atoms with Gasteiger partial charge in [0.25, 0.3) is 0 Å². The van der Waals surface area contributed by atoms with Crippen molar-refractivity contribution in [1.82, 2.24) is 13.9 Å². The van der Waals surface area contributed by atoms with Gasteiger partial charge in [0.15, 0.2) is 16.9 Å². The summed E-state index contributed by atoms with van der Waals surface area (Å²) in [5.74, 6) is -0.109. The number of rotatable bonds is 5. The largest absolute Gasteiger partial charge is 0.353 e. The number of carbonyl (C=O) groups excluding carboxylic acids is 1. The van der Waals surface area contributed by atoms with Crippen molar-refractivity contribution in [3.8, 4) is 5.69 Å². The molecule has 2 atom stereocenters. The molecule has 35 heavy (non-hydrogen) atoms. The molecule has 1 aromatic heterocycles. The molecule has 6 nitrogen and oxygen atoms in total. The molecule has 2 aliphatic rings. The van der Waals surface area contributed by atoms with E-state index in [2.05, 4.69) is 0 Å². The van der Waals surface area contributed by atoms with Crippen molar-refractivity contribution < 1.29 is 4.79 Å². The van der Waals surface area contributed by atoms with Gasteiger partial charge in [0.2, 0.25) is 0 Å². The number of carbonyl (C=O) groups is 1. The van der Waals surface area contributed by atoms with Crippen LogP contribution in [-0.2, 0) is 15.9 Å². The number of aromatic nitrogens is 3. The Balaban J connectivity index is 1.81. The van der Waals surface area contributed by atoms with Gasteiger partial charge in [0, 0.05) is 11.1 Å². The molecule has 0 saturated heterocycles. The van der Waals surface area contributed by atoms with Crippen LogP contribution in [0.5, 0.6) is 0 Å². The van der Waals surface area contributed by atoms with E-state index in [4.69, 9.17) is 0 Å². The number of ketones is 1. The predicted octanol–water partition coefficient (Wildman–Crippen LogP) is 4.22. The van der Waals surface area contributed by atoms with Crippen LogP contribution in [0.25, 0.3) is 16.8 Å². The molecule has 174 valence electrons. The van der Waals surface area contributed by atoms with E-state index in [1.54, 1.807) is 24.3 Å². The summed E-state index contributed by atoms with van der Waals surface area (Å²) in [5.41, 5.74) is 0.336. The molecule has 0 N–H and O–H groups in total. The number of fused-ring (bicyclic) bond motifs is 5. The van der Waals surface area contributed by atoms with Crippen LogP contribution >= 0.6 is 0 Å². The molecular formula is C29H25N3O3. The lowest BCUT2D eigenvalue weighted by atomic mass is 9.82. The van der Waals surface area contributed by atoms with Crippen LogP contribution in [0.4, 0.5) is 0 Å². The Bertz CT molecular complexity index is 1510. The number of hydrogen-bond donors (Lipinski definition) is 0. The van der Waals surface area contributed by atoms with Crippen molar-refractivity contribution >= 4 is 16.9 Å². The monoisotopic (exact) mass is 463 g/mol. The summed E-state index contributed by atoms with van der Waals surface area (Å²) in [5, 5.41) is 0. The van der Waals surface area contributed by atoms with Crippen LogP contribution in [0, 0.1) is 0 Å². The summed E-state index contributed by atoms with van der Waals surface area (Å²) in [6.45, 7) is 3.84. The van der Waals surface area contributed by atoms with E-state index >= 15 is 0 Å². The molecule has 0 radical (unpaired) electrons. The van der Waals surface area contributed by atoms with Crippen LogP contribution in [-0.4, -0.2) is 19.7 Å². The molecule has 0 unspecified atom stereocenters. The van der Waals surface area contributed by atoms with E-state index in [1.165, 1.54) is 13.9 Å². The van der Waals surface area contributed by atoms with Gasteiger partial charge < -0.3 is 0 Å². The topological polar surface area (TPSA) is 66.0 Å². The number of Topliss-reactive ketones (excluding diaryl/α,β-unsaturated/α-hetero) is 1. The maximum Gasteiger partial charge on any atom is 0.353 e. The zero-order valence-electron chi connectivity index (χ0n) is 19.6. The Morgan fingerprint density at radius 1 is 0.571 bits per heavy atom. The van der Waals surface area contributed by atoms with Crippen LogP contribution in [0.3, 0.4) is 0 Å². The van der Waals surface area contributed by atoms with Gasteiger partial charge in [-0.2, -0.15) is 0 Å². The summed E-state index contributed by atoms with van der Waals surface area (Å²) in [4.78, 5) is 42.5. The highest BCUT2D eigenvalue weighted by atomic mass is 16.2. The average molecular weight is 464 g/mol. The van der Waals surface area contributed by atoms with Crippen LogP contribution in [0.2, 0.25) is 0 Å². The number of hydrogen-bond acceptors (Lipinski definition) is 3. The lowest BCUT2D eigenvalue weighted by molar-refractivity contribution is -0.126. The molecule has 4 aromatic rings. The maximum absolute atomic E-state index is 14.5. The molecule has 0 amide bonds. The molecule has 1 aliphatic carbocycles. The molecule has 0 spiro atoms. The number of para-hydroxylation sites is 1. The summed E-state index contributed by atoms with van der Waals surface area (Å²) in [7, 11) is 0. The van der Waals surface area contributed by atoms with Crippen molar-refractivity contribution in [1.29, 1.82) is 0 Å². The van der Waals surface area contributed by atoms with Crippen molar-refractivity contribution in [3.05, 3.63) is 123 Å². The SMILES string of the molecule is CC[C@]12C(=O)[C@](CC)(C(c3ccccc3)=C1c1ccccc1)n1c(=O)n(-c3ccccc3)c(=O)n12. The smallest absolute Gasteiger partial charge is 0.293 e. The molecule has 6 rings (SSSR count). The van der Waals surface area contributed by atoms with Gasteiger partial charge in [0.05, 0.1) is 5.69 Å². The first-order chi connectivity index (χ1) is 17.0. The van der Waals surface area contributed by atoms with Crippen molar-refractivity contribution in [2.24, 2.45) is 0 Å². The van der Waals surface area contributed by atoms with Gasteiger partial charge in [-0.1, -0.05) is 92.7 Å². The van der Waals surface area contributed by atoms with Gasteiger partial charge in [-0.15, -0.1) is 0 Å². The van der Waals surface area contributed by atoms with Crippen molar-refractivity contribution in [2.75, 3.05) is 0 Å². The van der Waals surface area contributed by atoms with E-state index in [-0.39, 0.29) is 5.78 Å². The second-order valence-electron chi connectivity index (χ2n) is 9.10. The summed E-state index contributed by atoms with van der Waals surface area (Å²) in [6, 6.07) is 28.5. The third kappa shape index (κ3) is 2.41. The molecule has 1 aliphatic heterocycles. The number of allylic oxidation sites excluding steroid dienone is 2. The highest BCUT2D eigenvalue weighted by Crippen LogP contribution is 2.61. The van der Waals surface area contributed by atoms with E-state index < -0.39 is 22.5 Å². The lowest BCUT2D eigenvalue weighted by Crippen LogP contribution is -2.45. The van der Waals surface area contributed by atoms with E-state index in [0.717, 1.165) is 22.3 Å². The Labute approximate surface area is 202 Å². The quantitative estimate of drug-likeness (QED) is 0.445. The van der Waals surface area contributed by atoms with Crippen molar-refractivity contribution in [2.45, 2.75) is 37.8 Å². The third-order valence-corrected chi connectivity index (χ3v) is 7.66. The number of nitrogens with zero attached hydrogens (tertiary/aromatic N) is 3. The summed E-state index contributed by atoms with van der Waals surface area (Å²) < 4.78 is 4.09. The Hall–Kier alpha value is -4.19. The fourth-order valence-corrected chi connectivity index (χ4v) is 6.25. The third-order valence-electron chi connectivity index (χ3n) is 7.66. The second-order valence-corrected chi connectivity index (χ2v) is 9.10. The minimum atomic E-state index is -1.28. The van der Waals surface area contributed by atoms with E-state index in [1.807, 2.05) is 80.6 Å². The highest BCUT2D eigenvalue weighted by molar-refractivity contribution is 6.24. The zero-order valence-corrected chi connectivity index (χ0v) is 19.6. The van der Waals surface area contributed by atoms with Crippen LogP contribution in [0.15, 0.2) is 101 Å². The van der Waals surface area contributed by atoms with E-state index in [9.17, 15) is 14.4 Å². The van der Waals surface area contributed by atoms with E-state index in [0.29, 0.717) is 18.5 Å². The Morgan fingerprint density at radius 3 is 1.31 bits per heavy atom. The molecule has 3 aromatic carbocycles. The standard InChI is InChI=1S/C29H25N3O3/c1-3-28-23(20-14-8-5-9-15-20)24(21-16-10-6-11-17-21)29(4-2,25(28)33)32-27(35)30(26(34)31(28)32)22-18-12-7-13-19-22/h5-19H,3-4H2,1-2H3/t28-,29+. The Morgan fingerprint density at radius 2 is 0.943 bits per heavy atom. The maximum atomic E-state index is 14.5. The van der Waals surface area contributed by atoms with Gasteiger partial charge >= 0.3 is 11.4 Å². The number of benzene rings is 3. The molecule has 0 fully saturated rings. The Kier molecular flexibility index (Phi) is 4.52. The minimum absolute atomic E-state index is 0.109. The fraction of sp³-hybridized carbons (Fsp3) is 0.207. The average Bonchev–Trinajstić information content (AvgIpc) is 3.41. The van der Waals surface area contributed by atoms with Crippen molar-refractivity contribution in [3.63, 3.8) is 0 Å². The van der Waals surface area contributed by atoms with Gasteiger partial charge in [-0.3, -0.25) is 4.79 Å². The molecule has 0 saturated carbocycles. The summed E-state index contributed by atoms with van der Waals surface area (Å²) in [6.07, 6.45) is 0.707. The first kappa shape index (κ1) is 21.4. The zero-order chi connectivity index (χ0) is 24.4. The van der Waals surface area contributed by atoms with Gasteiger partial charge in [-0.25, -0.2) is 23.5 Å². The second kappa shape index (κ2) is 7.40. The minimum Gasteiger partial charge on any atom is -0.293 e. The molecule has 2 bridgehead atoms. The predicted molar refractivity (Wildman–Crippen MR) is 136 cm³/mol. The first-order valence-corrected chi connectivity index (χ1v) is 12.0. The first-order valence-electron chi connectivity index (χ1n) is 12.0. The molecule has 6 heteroatoms. The summed E-state index contributed by atoms with van der Waals surface area (Å²) >= 11 is 0. The fourth-order valence-electron chi connectivity index (χ4n) is 6.25. The lowest BCUT2D eigenvalue weighted by Gasteiger charge is -2.33. The molecule has 2 heterocycles. The molecular weight excluding hydrogens is 438 g/mol. The van der Waals surface area contributed by atoms with Gasteiger partial charge in [-0.05, 0) is 36.1 Å². The highest BCUT2D eigenvalue weighted by Gasteiger charge is 2.70. The normalized spacial score (nSPS) is 22.6. The van der Waals surface area contributed by atoms with Gasteiger partial charge in [0.1, 0.15) is 0 Å². The van der Waals surface area contributed by atoms with Crippen LogP contribution < -0.4 is 11.4 Å². The van der Waals surface area contributed by atoms with Crippen LogP contribution in [0.1, 0.15) is 37.8 Å².